The SMILES string of the molecule is NNC(=O)Cc1cc(N2CCCCC2)ncn1. The van der Waals surface area contributed by atoms with Crippen molar-refractivity contribution >= 4 is 11.7 Å². The maximum atomic E-state index is 11.2. The average molecular weight is 235 g/mol. The van der Waals surface area contributed by atoms with Gasteiger partial charge in [-0.25, -0.2) is 15.8 Å². The average Bonchev–Trinajstić information content (AvgIpc) is 2.40. The van der Waals surface area contributed by atoms with Gasteiger partial charge in [0.05, 0.1) is 12.1 Å². The van der Waals surface area contributed by atoms with E-state index in [0.29, 0.717) is 5.69 Å². The highest BCUT2D eigenvalue weighted by Crippen LogP contribution is 2.17. The zero-order valence-corrected chi connectivity index (χ0v) is 9.72. The molecule has 2 rings (SSSR count). The van der Waals surface area contributed by atoms with Crippen LogP contribution in [0.4, 0.5) is 5.82 Å². The highest BCUT2D eigenvalue weighted by atomic mass is 16.2. The number of amides is 1. The normalized spacial score (nSPS) is 15.7. The second kappa shape index (κ2) is 5.58. The van der Waals surface area contributed by atoms with E-state index in [4.69, 9.17) is 5.84 Å². The predicted octanol–water partition coefficient (Wildman–Crippen LogP) is -0.000700. The highest BCUT2D eigenvalue weighted by molar-refractivity contribution is 5.77. The molecule has 6 heteroatoms. The van der Waals surface area contributed by atoms with E-state index < -0.39 is 0 Å². The Morgan fingerprint density at radius 2 is 2.12 bits per heavy atom. The van der Waals surface area contributed by atoms with Crippen LogP contribution in [-0.4, -0.2) is 29.0 Å². The molecule has 1 aliphatic heterocycles. The van der Waals surface area contributed by atoms with Crippen LogP contribution in [0.1, 0.15) is 25.0 Å². The van der Waals surface area contributed by atoms with E-state index >= 15 is 0 Å². The van der Waals surface area contributed by atoms with Gasteiger partial charge >= 0.3 is 0 Å². The molecule has 1 aromatic heterocycles. The van der Waals surface area contributed by atoms with Gasteiger partial charge in [0.2, 0.25) is 5.91 Å². The summed E-state index contributed by atoms with van der Waals surface area (Å²) in [7, 11) is 0. The molecular weight excluding hydrogens is 218 g/mol. The van der Waals surface area contributed by atoms with Crippen molar-refractivity contribution in [2.24, 2.45) is 5.84 Å². The molecule has 6 nitrogen and oxygen atoms in total. The fourth-order valence-electron chi connectivity index (χ4n) is 1.99. The Morgan fingerprint density at radius 1 is 1.35 bits per heavy atom. The Kier molecular flexibility index (Phi) is 3.87. The fourth-order valence-corrected chi connectivity index (χ4v) is 1.99. The summed E-state index contributed by atoms with van der Waals surface area (Å²) in [5.74, 6) is 5.71. The number of aromatic nitrogens is 2. The lowest BCUT2D eigenvalue weighted by Crippen LogP contribution is -2.32. The number of anilines is 1. The van der Waals surface area contributed by atoms with Crippen LogP contribution in [0, 0.1) is 0 Å². The Bertz CT molecular complexity index is 389. The number of nitrogens with two attached hydrogens (primary N) is 1. The fraction of sp³-hybridized carbons (Fsp3) is 0.545. The van der Waals surface area contributed by atoms with Crippen LogP contribution in [0.15, 0.2) is 12.4 Å². The van der Waals surface area contributed by atoms with E-state index in [0.717, 1.165) is 18.9 Å². The minimum absolute atomic E-state index is 0.194. The topological polar surface area (TPSA) is 84.1 Å². The molecule has 92 valence electrons. The number of hydrogen-bond donors (Lipinski definition) is 2. The van der Waals surface area contributed by atoms with E-state index in [2.05, 4.69) is 20.3 Å². The summed E-state index contributed by atoms with van der Waals surface area (Å²) in [6.07, 6.45) is 5.37. The lowest BCUT2D eigenvalue weighted by molar-refractivity contribution is -0.120. The summed E-state index contributed by atoms with van der Waals surface area (Å²) in [5, 5.41) is 0. The van der Waals surface area contributed by atoms with Crippen molar-refractivity contribution in [1.82, 2.24) is 15.4 Å². The maximum absolute atomic E-state index is 11.2. The van der Waals surface area contributed by atoms with E-state index in [1.165, 1.54) is 25.6 Å². The van der Waals surface area contributed by atoms with Crippen LogP contribution in [0.2, 0.25) is 0 Å². The standard InChI is InChI=1S/C11H17N5O/c12-15-11(17)7-9-6-10(14-8-13-9)16-4-2-1-3-5-16/h6,8H,1-5,7,12H2,(H,15,17). The van der Waals surface area contributed by atoms with Crippen molar-refractivity contribution in [3.8, 4) is 0 Å². The summed E-state index contributed by atoms with van der Waals surface area (Å²) in [5.41, 5.74) is 2.80. The molecule has 1 fully saturated rings. The Balaban J connectivity index is 2.07. The highest BCUT2D eigenvalue weighted by Gasteiger charge is 2.13. The summed E-state index contributed by atoms with van der Waals surface area (Å²) < 4.78 is 0. The molecule has 0 unspecified atom stereocenters. The number of hydrazine groups is 1. The first-order chi connectivity index (χ1) is 8.29. The van der Waals surface area contributed by atoms with Crippen LogP contribution in [0.3, 0.4) is 0 Å². The minimum Gasteiger partial charge on any atom is -0.357 e. The first kappa shape index (κ1) is 11.8. The van der Waals surface area contributed by atoms with Crippen molar-refractivity contribution < 1.29 is 4.79 Å². The van der Waals surface area contributed by atoms with Gasteiger partial charge in [0.15, 0.2) is 0 Å². The van der Waals surface area contributed by atoms with E-state index in [9.17, 15) is 4.79 Å². The lowest BCUT2D eigenvalue weighted by Gasteiger charge is -2.27. The quantitative estimate of drug-likeness (QED) is 0.437. The molecule has 1 saturated heterocycles. The number of hydrogen-bond acceptors (Lipinski definition) is 5. The van der Waals surface area contributed by atoms with Gasteiger partial charge in [-0.2, -0.15) is 0 Å². The number of piperidine rings is 1. The van der Waals surface area contributed by atoms with Gasteiger partial charge in [0.1, 0.15) is 12.1 Å². The molecule has 0 aromatic carbocycles. The van der Waals surface area contributed by atoms with Crippen LogP contribution >= 0.6 is 0 Å². The number of nitrogens with zero attached hydrogens (tertiary/aromatic N) is 3. The van der Waals surface area contributed by atoms with Gasteiger partial charge in [0.25, 0.3) is 0 Å². The van der Waals surface area contributed by atoms with E-state index in [1.54, 1.807) is 0 Å². The molecule has 3 N–H and O–H groups in total. The van der Waals surface area contributed by atoms with Crippen LogP contribution in [0.25, 0.3) is 0 Å². The van der Waals surface area contributed by atoms with E-state index in [-0.39, 0.29) is 12.3 Å². The first-order valence-corrected chi connectivity index (χ1v) is 5.85. The summed E-state index contributed by atoms with van der Waals surface area (Å²) in [6.45, 7) is 2.05. The first-order valence-electron chi connectivity index (χ1n) is 5.85. The predicted molar refractivity (Wildman–Crippen MR) is 64.1 cm³/mol. The van der Waals surface area contributed by atoms with Gasteiger partial charge in [-0.1, -0.05) is 0 Å². The molecule has 0 atom stereocenters. The van der Waals surface area contributed by atoms with Gasteiger partial charge in [-0.3, -0.25) is 10.2 Å². The smallest absolute Gasteiger partial charge is 0.239 e. The van der Waals surface area contributed by atoms with Crippen molar-refractivity contribution in [2.45, 2.75) is 25.7 Å². The molecule has 1 aromatic rings. The second-order valence-corrected chi connectivity index (χ2v) is 4.16. The Morgan fingerprint density at radius 3 is 2.82 bits per heavy atom. The number of nitrogens with one attached hydrogen (secondary N) is 1. The molecule has 1 aliphatic rings. The van der Waals surface area contributed by atoms with Crippen LogP contribution < -0.4 is 16.2 Å². The molecule has 1 amide bonds. The van der Waals surface area contributed by atoms with Crippen molar-refractivity contribution in [1.29, 1.82) is 0 Å². The van der Waals surface area contributed by atoms with Gasteiger partial charge in [-0.15, -0.1) is 0 Å². The maximum Gasteiger partial charge on any atom is 0.239 e. The monoisotopic (exact) mass is 235 g/mol. The molecular formula is C11H17N5O. The molecule has 0 radical (unpaired) electrons. The summed E-state index contributed by atoms with van der Waals surface area (Å²) in [4.78, 5) is 21.7. The zero-order valence-electron chi connectivity index (χ0n) is 9.72. The zero-order chi connectivity index (χ0) is 12.1. The number of rotatable bonds is 3. The lowest BCUT2D eigenvalue weighted by atomic mass is 10.1. The van der Waals surface area contributed by atoms with Gasteiger partial charge < -0.3 is 4.90 Å². The van der Waals surface area contributed by atoms with Crippen molar-refractivity contribution in [3.05, 3.63) is 18.1 Å². The number of carbonyl (C=O) groups is 1. The van der Waals surface area contributed by atoms with Gasteiger partial charge in [0, 0.05) is 19.2 Å². The molecule has 17 heavy (non-hydrogen) atoms. The molecule has 0 spiro atoms. The Labute approximate surface area is 100 Å². The molecule has 0 bridgehead atoms. The molecule has 0 saturated carbocycles. The van der Waals surface area contributed by atoms with Crippen LogP contribution in [-0.2, 0) is 11.2 Å². The van der Waals surface area contributed by atoms with Crippen LogP contribution in [0.5, 0.6) is 0 Å². The molecule has 0 aliphatic carbocycles. The third-order valence-electron chi connectivity index (χ3n) is 2.89. The minimum atomic E-state index is -0.242. The van der Waals surface area contributed by atoms with Gasteiger partial charge in [-0.05, 0) is 19.3 Å². The van der Waals surface area contributed by atoms with E-state index in [1.807, 2.05) is 6.07 Å². The third kappa shape index (κ3) is 3.13. The van der Waals surface area contributed by atoms with Crippen molar-refractivity contribution in [2.75, 3.05) is 18.0 Å². The second-order valence-electron chi connectivity index (χ2n) is 4.16. The largest absolute Gasteiger partial charge is 0.357 e. The number of carbonyl (C=O) groups excluding carboxylic acids is 1. The summed E-state index contributed by atoms with van der Waals surface area (Å²) in [6, 6.07) is 1.86. The summed E-state index contributed by atoms with van der Waals surface area (Å²) >= 11 is 0. The van der Waals surface area contributed by atoms with Crippen molar-refractivity contribution in [3.63, 3.8) is 0 Å². The molecule has 2 heterocycles. The third-order valence-corrected chi connectivity index (χ3v) is 2.89. The Hall–Kier alpha value is -1.69.